The monoisotopic (exact) mass is 311 g/mol. The first kappa shape index (κ1) is 14.9. The zero-order chi connectivity index (χ0) is 14.7. The Morgan fingerprint density at radius 3 is 2.70 bits per heavy atom. The molecule has 0 bridgehead atoms. The van der Waals surface area contributed by atoms with Crippen molar-refractivity contribution in [1.82, 2.24) is 14.8 Å². The molecule has 0 saturated heterocycles. The van der Waals surface area contributed by atoms with Crippen LogP contribution in [0.25, 0.3) is 5.69 Å². The molecule has 5 nitrogen and oxygen atoms in total. The van der Waals surface area contributed by atoms with Gasteiger partial charge in [0, 0.05) is 5.92 Å². The molecular formula is C13H14ClN3O2S. The van der Waals surface area contributed by atoms with E-state index in [4.69, 9.17) is 16.7 Å². The van der Waals surface area contributed by atoms with E-state index in [0.717, 1.165) is 23.3 Å². The van der Waals surface area contributed by atoms with Crippen LogP contribution in [-0.2, 0) is 4.79 Å². The number of aliphatic carboxylic acids is 1. The van der Waals surface area contributed by atoms with Crippen molar-refractivity contribution in [2.24, 2.45) is 0 Å². The largest absolute Gasteiger partial charge is 0.481 e. The van der Waals surface area contributed by atoms with Gasteiger partial charge in [-0.2, -0.15) is 0 Å². The van der Waals surface area contributed by atoms with Crippen LogP contribution in [0.4, 0.5) is 0 Å². The number of thioether (sulfide) groups is 1. The number of hydrogen-bond donors (Lipinski definition) is 1. The van der Waals surface area contributed by atoms with Gasteiger partial charge in [-0.25, -0.2) is 0 Å². The summed E-state index contributed by atoms with van der Waals surface area (Å²) in [5, 5.41) is 18.1. The number of carboxylic acids is 1. The zero-order valence-electron chi connectivity index (χ0n) is 11.1. The molecule has 20 heavy (non-hydrogen) atoms. The molecule has 0 aliphatic carbocycles. The van der Waals surface area contributed by atoms with Gasteiger partial charge in [0.15, 0.2) is 5.16 Å². The van der Waals surface area contributed by atoms with Crippen molar-refractivity contribution in [2.75, 3.05) is 5.75 Å². The van der Waals surface area contributed by atoms with Gasteiger partial charge in [-0.3, -0.25) is 9.36 Å². The summed E-state index contributed by atoms with van der Waals surface area (Å²) in [4.78, 5) is 10.7. The molecule has 1 N–H and O–H groups in total. The Bertz CT molecular complexity index is 628. The van der Waals surface area contributed by atoms with Crippen molar-refractivity contribution < 1.29 is 9.90 Å². The predicted molar refractivity (Wildman–Crippen MR) is 78.8 cm³/mol. The Hall–Kier alpha value is -1.53. The summed E-state index contributed by atoms with van der Waals surface area (Å²) < 4.78 is 1.82. The maximum atomic E-state index is 10.7. The number of halogens is 1. The number of carboxylic acid groups (broad SMARTS) is 1. The lowest BCUT2D eigenvalue weighted by Crippen LogP contribution is -2.06. The van der Waals surface area contributed by atoms with E-state index >= 15 is 0 Å². The third-order valence-electron chi connectivity index (χ3n) is 2.59. The third-order valence-corrected chi connectivity index (χ3v) is 3.83. The molecule has 0 aliphatic heterocycles. The van der Waals surface area contributed by atoms with Gasteiger partial charge in [0.25, 0.3) is 0 Å². The normalized spacial score (nSPS) is 11.0. The van der Waals surface area contributed by atoms with Crippen LogP contribution in [0.3, 0.4) is 0 Å². The van der Waals surface area contributed by atoms with Crippen LogP contribution in [0.2, 0.25) is 5.02 Å². The molecule has 1 heterocycles. The Labute approximate surface area is 126 Å². The van der Waals surface area contributed by atoms with E-state index in [1.807, 2.05) is 36.6 Å². The Morgan fingerprint density at radius 1 is 1.40 bits per heavy atom. The van der Waals surface area contributed by atoms with Crippen molar-refractivity contribution in [3.05, 3.63) is 35.1 Å². The summed E-state index contributed by atoms with van der Waals surface area (Å²) in [5.41, 5.74) is 0.760. The topological polar surface area (TPSA) is 68.0 Å². The molecule has 1 aromatic carbocycles. The highest BCUT2D eigenvalue weighted by molar-refractivity contribution is 7.99. The van der Waals surface area contributed by atoms with Crippen molar-refractivity contribution in [3.63, 3.8) is 0 Å². The molecule has 0 aliphatic rings. The van der Waals surface area contributed by atoms with E-state index in [1.165, 1.54) is 0 Å². The number of para-hydroxylation sites is 1. The molecule has 2 aromatic rings. The SMILES string of the molecule is CC(C)c1nnc(SCC(=O)O)n1-c1ccccc1Cl. The maximum Gasteiger partial charge on any atom is 0.313 e. The summed E-state index contributed by atoms with van der Waals surface area (Å²) in [5.74, 6) is -0.0560. The van der Waals surface area contributed by atoms with Crippen LogP contribution in [-0.4, -0.2) is 31.6 Å². The zero-order valence-corrected chi connectivity index (χ0v) is 12.6. The molecule has 0 saturated carbocycles. The van der Waals surface area contributed by atoms with Crippen molar-refractivity contribution in [2.45, 2.75) is 24.9 Å². The second-order valence-electron chi connectivity index (χ2n) is 4.46. The quantitative estimate of drug-likeness (QED) is 0.859. The second kappa shape index (κ2) is 6.28. The first-order valence-corrected chi connectivity index (χ1v) is 7.42. The minimum atomic E-state index is -0.894. The Morgan fingerprint density at radius 2 is 2.10 bits per heavy atom. The fourth-order valence-electron chi connectivity index (χ4n) is 1.73. The summed E-state index contributed by atoms with van der Waals surface area (Å²) in [6.45, 7) is 4.01. The van der Waals surface area contributed by atoms with Crippen LogP contribution < -0.4 is 0 Å². The minimum Gasteiger partial charge on any atom is -0.481 e. The Balaban J connectivity index is 2.50. The van der Waals surface area contributed by atoms with Crippen LogP contribution in [0.1, 0.15) is 25.6 Å². The number of rotatable bonds is 5. The van der Waals surface area contributed by atoms with E-state index < -0.39 is 5.97 Å². The van der Waals surface area contributed by atoms with Crippen LogP contribution >= 0.6 is 23.4 Å². The number of aromatic nitrogens is 3. The standard InChI is InChI=1S/C13H14ClN3O2S/c1-8(2)12-15-16-13(20-7-11(18)19)17(12)10-6-4-3-5-9(10)14/h3-6,8H,7H2,1-2H3,(H,18,19). The first-order chi connectivity index (χ1) is 9.50. The Kier molecular flexibility index (Phi) is 4.67. The van der Waals surface area contributed by atoms with E-state index in [0.29, 0.717) is 10.2 Å². The maximum absolute atomic E-state index is 10.7. The molecule has 0 radical (unpaired) electrons. The highest BCUT2D eigenvalue weighted by Crippen LogP contribution is 2.29. The van der Waals surface area contributed by atoms with Crippen LogP contribution in [0.15, 0.2) is 29.4 Å². The number of nitrogens with zero attached hydrogens (tertiary/aromatic N) is 3. The molecule has 0 amide bonds. The van der Waals surface area contributed by atoms with Gasteiger partial charge in [-0.15, -0.1) is 10.2 Å². The number of benzene rings is 1. The highest BCUT2D eigenvalue weighted by Gasteiger charge is 2.19. The number of carbonyl (C=O) groups is 1. The lowest BCUT2D eigenvalue weighted by molar-refractivity contribution is -0.133. The molecule has 1 aromatic heterocycles. The second-order valence-corrected chi connectivity index (χ2v) is 5.81. The molecule has 0 spiro atoms. The highest BCUT2D eigenvalue weighted by atomic mass is 35.5. The molecule has 2 rings (SSSR count). The number of hydrogen-bond acceptors (Lipinski definition) is 4. The third kappa shape index (κ3) is 3.13. The molecule has 7 heteroatoms. The fraction of sp³-hybridized carbons (Fsp3) is 0.308. The molecular weight excluding hydrogens is 298 g/mol. The van der Waals surface area contributed by atoms with Gasteiger partial charge < -0.3 is 5.11 Å². The summed E-state index contributed by atoms with van der Waals surface area (Å²) >= 11 is 7.35. The lowest BCUT2D eigenvalue weighted by Gasteiger charge is -2.12. The fourth-order valence-corrected chi connectivity index (χ4v) is 2.63. The predicted octanol–water partition coefficient (Wildman–Crippen LogP) is 3.22. The van der Waals surface area contributed by atoms with Gasteiger partial charge in [-0.05, 0) is 12.1 Å². The van der Waals surface area contributed by atoms with Gasteiger partial charge >= 0.3 is 5.97 Å². The summed E-state index contributed by atoms with van der Waals surface area (Å²) in [7, 11) is 0. The molecule has 106 valence electrons. The van der Waals surface area contributed by atoms with E-state index in [9.17, 15) is 4.79 Å². The molecule has 0 atom stereocenters. The lowest BCUT2D eigenvalue weighted by atomic mass is 10.2. The molecule has 0 fully saturated rings. The summed E-state index contributed by atoms with van der Waals surface area (Å²) in [6.07, 6.45) is 0. The average Bonchev–Trinajstić information content (AvgIpc) is 2.80. The van der Waals surface area contributed by atoms with E-state index in [2.05, 4.69) is 10.2 Å². The van der Waals surface area contributed by atoms with Gasteiger partial charge in [-0.1, -0.05) is 49.3 Å². The van der Waals surface area contributed by atoms with Gasteiger partial charge in [0.2, 0.25) is 0 Å². The van der Waals surface area contributed by atoms with Gasteiger partial charge in [0.05, 0.1) is 16.5 Å². The van der Waals surface area contributed by atoms with Gasteiger partial charge in [0.1, 0.15) is 5.82 Å². The average molecular weight is 312 g/mol. The van der Waals surface area contributed by atoms with Crippen molar-refractivity contribution >= 4 is 29.3 Å². The smallest absolute Gasteiger partial charge is 0.313 e. The van der Waals surface area contributed by atoms with E-state index in [-0.39, 0.29) is 11.7 Å². The first-order valence-electron chi connectivity index (χ1n) is 6.05. The van der Waals surface area contributed by atoms with Crippen LogP contribution in [0, 0.1) is 0 Å². The molecule has 0 unspecified atom stereocenters. The van der Waals surface area contributed by atoms with E-state index in [1.54, 1.807) is 6.07 Å². The van der Waals surface area contributed by atoms with Crippen LogP contribution in [0.5, 0.6) is 0 Å². The minimum absolute atomic E-state index is 0.0688. The summed E-state index contributed by atoms with van der Waals surface area (Å²) in [6, 6.07) is 7.36. The van der Waals surface area contributed by atoms with Crippen molar-refractivity contribution in [1.29, 1.82) is 0 Å². The van der Waals surface area contributed by atoms with Crippen molar-refractivity contribution in [3.8, 4) is 5.69 Å².